The fourth-order valence-electron chi connectivity index (χ4n) is 3.30. The third kappa shape index (κ3) is 5.65. The summed E-state index contributed by atoms with van der Waals surface area (Å²) in [6.45, 7) is 3.30. The summed E-state index contributed by atoms with van der Waals surface area (Å²) in [5, 5.41) is 2.65. The van der Waals surface area contributed by atoms with E-state index < -0.39 is 44.2 Å². The van der Waals surface area contributed by atoms with E-state index in [1.54, 1.807) is 37.3 Å². The van der Waals surface area contributed by atoms with E-state index >= 15 is 0 Å². The Hall–Kier alpha value is -3.38. The lowest BCUT2D eigenvalue weighted by Crippen LogP contribution is -2.36. The van der Waals surface area contributed by atoms with E-state index in [4.69, 9.17) is 24.5 Å². The molecule has 186 valence electrons. The van der Waals surface area contributed by atoms with Gasteiger partial charge in [-0.1, -0.05) is 18.2 Å². The van der Waals surface area contributed by atoms with E-state index in [0.717, 1.165) is 6.08 Å². The molecule has 3 aromatic rings. The summed E-state index contributed by atoms with van der Waals surface area (Å²) in [4.78, 5) is 24.1. The van der Waals surface area contributed by atoms with Crippen molar-refractivity contribution in [3.05, 3.63) is 54.9 Å². The molecule has 2 aromatic heterocycles. The van der Waals surface area contributed by atoms with Crippen molar-refractivity contribution < 1.29 is 32.5 Å². The fourth-order valence-corrected chi connectivity index (χ4v) is 4.98. The molecule has 0 radical (unpaired) electrons. The van der Waals surface area contributed by atoms with E-state index in [1.807, 2.05) is 0 Å². The van der Waals surface area contributed by atoms with Gasteiger partial charge in [-0.3, -0.25) is 13.9 Å². The Balaban J connectivity index is 1.47. The van der Waals surface area contributed by atoms with Gasteiger partial charge in [-0.25, -0.2) is 24.4 Å². The van der Waals surface area contributed by atoms with Gasteiger partial charge in [-0.2, -0.15) is 0 Å². The maximum Gasteiger partial charge on any atom is 0.342 e. The molecule has 3 heterocycles. The summed E-state index contributed by atoms with van der Waals surface area (Å²) in [6.07, 6.45) is 0.676. The van der Waals surface area contributed by atoms with E-state index in [9.17, 15) is 13.8 Å². The maximum atomic E-state index is 14.8. The molecular weight excluding hydrogens is 482 g/mol. The zero-order valence-corrected chi connectivity index (χ0v) is 19.8. The monoisotopic (exact) mass is 506 g/mol. The van der Waals surface area contributed by atoms with Gasteiger partial charge in [-0.05, 0) is 26.0 Å². The van der Waals surface area contributed by atoms with Gasteiger partial charge in [0.25, 0.3) is 0 Å². The van der Waals surface area contributed by atoms with Crippen molar-refractivity contribution >= 4 is 30.5 Å². The van der Waals surface area contributed by atoms with Crippen LogP contribution in [0, 0.1) is 0 Å². The molecule has 0 bridgehead atoms. The minimum Gasteiger partial charge on any atom is -0.465 e. The van der Waals surface area contributed by atoms with Crippen molar-refractivity contribution in [1.29, 1.82) is 0 Å². The van der Waals surface area contributed by atoms with Crippen molar-refractivity contribution in [1.82, 2.24) is 24.6 Å². The lowest BCUT2D eigenvalue weighted by molar-refractivity contribution is -0.144. The van der Waals surface area contributed by atoms with Crippen LogP contribution in [0.3, 0.4) is 0 Å². The number of benzene rings is 1. The van der Waals surface area contributed by atoms with Crippen LogP contribution in [-0.4, -0.2) is 50.8 Å². The number of imidazole rings is 1. The number of esters is 1. The molecule has 4 atom stereocenters. The van der Waals surface area contributed by atoms with Crippen molar-refractivity contribution in [3.8, 4) is 5.75 Å². The van der Waals surface area contributed by atoms with Gasteiger partial charge in [0.05, 0.1) is 12.9 Å². The number of fused-ring (bicyclic) bond motifs is 1. The molecule has 1 aromatic carbocycles. The van der Waals surface area contributed by atoms with Crippen LogP contribution in [0.25, 0.3) is 11.2 Å². The number of hydrogen-bond donors (Lipinski definition) is 2. The van der Waals surface area contributed by atoms with Crippen LogP contribution in [0.1, 0.15) is 20.1 Å². The number of anilines is 1. The normalized spacial score (nSPS) is 20.3. The second kappa shape index (κ2) is 10.5. The number of nitrogens with one attached hydrogen (secondary N) is 1. The van der Waals surface area contributed by atoms with Gasteiger partial charge >= 0.3 is 13.5 Å². The Morgan fingerprint density at radius 2 is 2.09 bits per heavy atom. The molecule has 0 fully saturated rings. The first-order valence-electron chi connectivity index (χ1n) is 10.6. The van der Waals surface area contributed by atoms with Crippen LogP contribution in [0.2, 0.25) is 0 Å². The van der Waals surface area contributed by atoms with Crippen LogP contribution in [0.5, 0.6) is 5.75 Å². The minimum absolute atomic E-state index is 0.143. The van der Waals surface area contributed by atoms with Gasteiger partial charge < -0.3 is 24.5 Å². The lowest BCUT2D eigenvalue weighted by Gasteiger charge is -2.24. The van der Waals surface area contributed by atoms with E-state index in [0.29, 0.717) is 5.52 Å². The molecule has 0 spiro atoms. The highest BCUT2D eigenvalue weighted by Gasteiger charge is 2.36. The first kappa shape index (κ1) is 24.7. The number of para-hydroxylation sites is 1. The smallest absolute Gasteiger partial charge is 0.342 e. The van der Waals surface area contributed by atoms with Crippen molar-refractivity contribution in [2.24, 2.45) is 0 Å². The van der Waals surface area contributed by atoms with Crippen molar-refractivity contribution in [3.63, 3.8) is 0 Å². The number of hydrogen-bond acceptors (Lipinski definition) is 10. The van der Waals surface area contributed by atoms with Crippen LogP contribution < -0.4 is 15.3 Å². The second-order valence-corrected chi connectivity index (χ2v) is 9.51. The minimum atomic E-state index is -3.83. The average Bonchev–Trinajstić information content (AvgIpc) is 3.42. The van der Waals surface area contributed by atoms with Gasteiger partial charge in [0.2, 0.25) is 0 Å². The largest absolute Gasteiger partial charge is 0.465 e. The summed E-state index contributed by atoms with van der Waals surface area (Å²) >= 11 is 0. The summed E-state index contributed by atoms with van der Waals surface area (Å²) in [6, 6.07) is 7.40. The number of ether oxygens (including phenoxy) is 3. The molecule has 0 aliphatic carbocycles. The first-order valence-corrected chi connectivity index (χ1v) is 12.5. The topological polar surface area (TPSA) is 153 Å². The Morgan fingerprint density at radius 3 is 2.83 bits per heavy atom. The number of aromatic nitrogens is 4. The molecule has 0 amide bonds. The molecule has 1 aliphatic rings. The van der Waals surface area contributed by atoms with Crippen molar-refractivity contribution in [2.75, 3.05) is 18.7 Å². The quantitative estimate of drug-likeness (QED) is 0.308. The number of nitrogens with zero attached hydrogens (tertiary/aromatic N) is 4. The number of nitrogen functional groups attached to an aromatic ring is 1. The predicted octanol–water partition coefficient (Wildman–Crippen LogP) is 2.90. The molecule has 12 nitrogen and oxygen atoms in total. The average molecular weight is 506 g/mol. The van der Waals surface area contributed by atoms with E-state index in [1.165, 1.54) is 24.1 Å². The third-order valence-corrected chi connectivity index (χ3v) is 6.64. The number of carbonyl (C=O) groups is 1. The standard InChI is InChI=1S/C21H24FN6O6P/c1-3-31-21(29)13(2)27-35(30,34-14-7-5-4-6-8-14)12-32-16-9-15(22)20(33-16)28-11-26-17-18(23)24-10-25-19(17)28/h4-11,13,16,20H,3,12H2,1-2H3,(H,27,30)(H2,23,24,25)/t13-,16?,20?,35?/m0/s1. The molecule has 3 unspecified atom stereocenters. The second-order valence-electron chi connectivity index (χ2n) is 7.47. The molecule has 3 N–H and O–H groups in total. The highest BCUT2D eigenvalue weighted by atomic mass is 31.2. The van der Waals surface area contributed by atoms with Gasteiger partial charge in [0, 0.05) is 6.08 Å². The molecule has 0 saturated carbocycles. The van der Waals surface area contributed by atoms with Gasteiger partial charge in [-0.15, -0.1) is 0 Å². The Kier molecular flexibility index (Phi) is 7.41. The van der Waals surface area contributed by atoms with E-state index in [-0.39, 0.29) is 23.8 Å². The highest BCUT2D eigenvalue weighted by molar-refractivity contribution is 7.57. The van der Waals surface area contributed by atoms with Gasteiger partial charge in [0.1, 0.15) is 23.6 Å². The summed E-state index contributed by atoms with van der Waals surface area (Å²) in [5.74, 6) is -0.847. The Labute approximate surface area is 199 Å². The molecule has 35 heavy (non-hydrogen) atoms. The summed E-state index contributed by atoms with van der Waals surface area (Å²) in [7, 11) is -3.83. The summed E-state index contributed by atoms with van der Waals surface area (Å²) in [5.41, 5.74) is 6.35. The zero-order valence-electron chi connectivity index (χ0n) is 18.9. The number of rotatable bonds is 10. The molecule has 4 rings (SSSR count). The molecule has 1 aliphatic heterocycles. The molecule has 14 heteroatoms. The Bertz CT molecular complexity index is 1270. The fraction of sp³-hybridized carbons (Fsp3) is 0.333. The first-order chi connectivity index (χ1) is 16.8. The predicted molar refractivity (Wildman–Crippen MR) is 123 cm³/mol. The lowest BCUT2D eigenvalue weighted by atomic mass is 10.3. The molecule has 0 saturated heterocycles. The Morgan fingerprint density at radius 1 is 1.31 bits per heavy atom. The zero-order chi connectivity index (χ0) is 25.0. The molecular formula is C21H24FN6O6P. The summed E-state index contributed by atoms with van der Waals surface area (Å²) < 4.78 is 51.5. The van der Waals surface area contributed by atoms with Crippen LogP contribution in [0.15, 0.2) is 54.9 Å². The number of halogens is 1. The third-order valence-electron chi connectivity index (χ3n) is 4.87. The van der Waals surface area contributed by atoms with Crippen molar-refractivity contribution in [2.45, 2.75) is 32.4 Å². The number of nitrogens with two attached hydrogens (primary N) is 1. The maximum absolute atomic E-state index is 14.8. The highest BCUT2D eigenvalue weighted by Crippen LogP contribution is 2.45. The van der Waals surface area contributed by atoms with Crippen LogP contribution in [0.4, 0.5) is 10.2 Å². The number of carbonyl (C=O) groups excluding carboxylic acids is 1. The van der Waals surface area contributed by atoms with Crippen LogP contribution in [-0.2, 0) is 23.6 Å². The van der Waals surface area contributed by atoms with Crippen LogP contribution >= 0.6 is 7.52 Å². The van der Waals surface area contributed by atoms with Gasteiger partial charge in [0.15, 0.2) is 36.2 Å². The SMILES string of the molecule is CCOC(=O)[C@H](C)NP(=O)(COC1C=C(F)C(n2cnc3c(N)ncnc32)O1)Oc1ccccc1. The van der Waals surface area contributed by atoms with E-state index in [2.05, 4.69) is 20.0 Å².